The van der Waals surface area contributed by atoms with Crippen LogP contribution in [0.1, 0.15) is 12.8 Å². The van der Waals surface area contributed by atoms with E-state index in [0.29, 0.717) is 42.5 Å². The largest absolute Gasteiger partial charge is 0.495 e. The van der Waals surface area contributed by atoms with E-state index < -0.39 is 5.41 Å². The lowest BCUT2D eigenvalue weighted by Crippen LogP contribution is -2.44. The molecule has 126 valence electrons. The molecule has 0 saturated carbocycles. The number of rotatable bonds is 5. The van der Waals surface area contributed by atoms with Gasteiger partial charge in [-0.05, 0) is 31.0 Å². The maximum atomic E-state index is 11.8. The van der Waals surface area contributed by atoms with Crippen LogP contribution in [0.3, 0.4) is 0 Å². The van der Waals surface area contributed by atoms with Gasteiger partial charge in [-0.25, -0.2) is 0 Å². The van der Waals surface area contributed by atoms with Gasteiger partial charge in [-0.15, -0.1) is 0 Å². The second-order valence-corrected chi connectivity index (χ2v) is 5.84. The average Bonchev–Trinajstić information content (AvgIpc) is 2.54. The maximum absolute atomic E-state index is 11.8. The van der Waals surface area contributed by atoms with Crippen molar-refractivity contribution in [3.05, 3.63) is 23.2 Å². The molecule has 2 rings (SSSR count). The van der Waals surface area contributed by atoms with Crippen molar-refractivity contribution in [1.82, 2.24) is 0 Å². The van der Waals surface area contributed by atoms with Crippen LogP contribution >= 0.6 is 11.6 Å². The Morgan fingerprint density at radius 3 is 2.70 bits per heavy atom. The van der Waals surface area contributed by atoms with Crippen LogP contribution in [0.5, 0.6) is 5.75 Å². The van der Waals surface area contributed by atoms with Gasteiger partial charge in [0, 0.05) is 18.9 Å². The number of hydrogen-bond donors (Lipinski definition) is 3. The summed E-state index contributed by atoms with van der Waals surface area (Å²) in [5.41, 5.74) is 11.4. The molecule has 1 aliphatic rings. The van der Waals surface area contributed by atoms with Crippen LogP contribution in [0.25, 0.3) is 0 Å². The second-order valence-electron chi connectivity index (χ2n) is 5.43. The normalized spacial score (nSPS) is 17.6. The van der Waals surface area contributed by atoms with Crippen molar-refractivity contribution in [2.75, 3.05) is 32.2 Å². The molecule has 0 aliphatic carbocycles. The molecule has 0 spiro atoms. The molecule has 1 amide bonds. The molecule has 23 heavy (non-hydrogen) atoms. The van der Waals surface area contributed by atoms with Crippen LogP contribution in [-0.2, 0) is 9.53 Å². The summed E-state index contributed by atoms with van der Waals surface area (Å²) in [5, 5.41) is 3.40. The number of aliphatic imine (C=N–C) groups is 1. The van der Waals surface area contributed by atoms with Gasteiger partial charge in [0.05, 0.1) is 24.1 Å². The minimum atomic E-state index is -0.692. The second kappa shape index (κ2) is 7.52. The lowest BCUT2D eigenvalue weighted by molar-refractivity contribution is -0.132. The van der Waals surface area contributed by atoms with Crippen LogP contribution in [0, 0.1) is 5.41 Å². The summed E-state index contributed by atoms with van der Waals surface area (Å²) in [6.07, 6.45) is 1.10. The van der Waals surface area contributed by atoms with E-state index in [-0.39, 0.29) is 18.4 Å². The average molecular weight is 341 g/mol. The molecule has 1 aromatic rings. The molecule has 1 fully saturated rings. The first-order chi connectivity index (χ1) is 11.0. The van der Waals surface area contributed by atoms with E-state index in [1.54, 1.807) is 25.3 Å². The highest BCUT2D eigenvalue weighted by Gasteiger charge is 2.38. The number of ether oxygens (including phenoxy) is 2. The maximum Gasteiger partial charge on any atom is 0.225 e. The fraction of sp³-hybridized carbons (Fsp3) is 0.467. The lowest BCUT2D eigenvalue weighted by atomic mass is 9.79. The first-order valence-corrected chi connectivity index (χ1v) is 7.63. The van der Waals surface area contributed by atoms with E-state index in [1.807, 2.05) is 0 Å². The van der Waals surface area contributed by atoms with E-state index in [1.165, 1.54) is 0 Å². The minimum absolute atomic E-state index is 0.193. The molecule has 1 aromatic carbocycles. The monoisotopic (exact) mass is 340 g/mol. The molecule has 1 saturated heterocycles. The van der Waals surface area contributed by atoms with Gasteiger partial charge in [-0.3, -0.25) is 9.79 Å². The molecule has 0 radical (unpaired) electrons. The molecule has 0 bridgehead atoms. The Morgan fingerprint density at radius 1 is 1.43 bits per heavy atom. The van der Waals surface area contributed by atoms with Crippen LogP contribution in [0.15, 0.2) is 23.2 Å². The number of hydrogen-bond acceptors (Lipinski definition) is 4. The predicted octanol–water partition coefficient (Wildman–Crippen LogP) is 1.36. The van der Waals surface area contributed by atoms with Crippen molar-refractivity contribution in [3.8, 4) is 5.75 Å². The van der Waals surface area contributed by atoms with Crippen molar-refractivity contribution >= 4 is 29.2 Å². The molecule has 5 N–H and O–H groups in total. The van der Waals surface area contributed by atoms with Gasteiger partial charge >= 0.3 is 0 Å². The molecular formula is C15H21ClN4O3. The van der Waals surface area contributed by atoms with E-state index in [4.69, 9.17) is 32.5 Å². The summed E-state index contributed by atoms with van der Waals surface area (Å²) in [7, 11) is 1.54. The highest BCUT2D eigenvalue weighted by atomic mass is 35.5. The summed E-state index contributed by atoms with van der Waals surface area (Å²) in [6, 6.07) is 5.17. The highest BCUT2D eigenvalue weighted by molar-refractivity contribution is 6.32. The topological polar surface area (TPSA) is 112 Å². The molecule has 1 heterocycles. The fourth-order valence-corrected chi connectivity index (χ4v) is 2.67. The van der Waals surface area contributed by atoms with Crippen LogP contribution in [0.4, 0.5) is 5.69 Å². The van der Waals surface area contributed by atoms with Crippen LogP contribution < -0.4 is 21.5 Å². The van der Waals surface area contributed by atoms with Crippen molar-refractivity contribution < 1.29 is 14.3 Å². The van der Waals surface area contributed by atoms with Gasteiger partial charge in [-0.2, -0.15) is 0 Å². The molecule has 8 heteroatoms. The van der Waals surface area contributed by atoms with Crippen molar-refractivity contribution in [1.29, 1.82) is 0 Å². The summed E-state index contributed by atoms with van der Waals surface area (Å²) in [6.45, 7) is 1.23. The van der Waals surface area contributed by atoms with Gasteiger partial charge < -0.3 is 26.3 Å². The molecule has 0 unspecified atom stereocenters. The zero-order chi connectivity index (χ0) is 16.9. The molecular weight excluding hydrogens is 320 g/mol. The van der Waals surface area contributed by atoms with Gasteiger partial charge in [0.1, 0.15) is 5.75 Å². The Kier molecular flexibility index (Phi) is 5.68. The number of carbonyl (C=O) groups excluding carboxylic acids is 1. The van der Waals surface area contributed by atoms with Gasteiger partial charge in [0.2, 0.25) is 5.91 Å². The number of anilines is 1. The summed E-state index contributed by atoms with van der Waals surface area (Å²) in [4.78, 5) is 16.0. The Bertz CT molecular complexity index is 600. The number of carbonyl (C=O) groups is 1. The Labute approximate surface area is 140 Å². The molecule has 7 nitrogen and oxygen atoms in total. The third-order valence-corrected chi connectivity index (χ3v) is 4.24. The van der Waals surface area contributed by atoms with E-state index in [2.05, 4.69) is 10.3 Å². The number of nitrogens with zero attached hydrogens (tertiary/aromatic N) is 1. The lowest BCUT2D eigenvalue weighted by Gasteiger charge is -2.32. The third kappa shape index (κ3) is 4.27. The summed E-state index contributed by atoms with van der Waals surface area (Å²) >= 11 is 6.05. The summed E-state index contributed by atoms with van der Waals surface area (Å²) in [5.74, 6) is 0.394. The number of nitrogens with one attached hydrogen (secondary N) is 1. The fourth-order valence-electron chi connectivity index (χ4n) is 2.41. The predicted molar refractivity (Wildman–Crippen MR) is 89.8 cm³/mol. The number of methoxy groups -OCH3 is 1. The minimum Gasteiger partial charge on any atom is -0.495 e. The Morgan fingerprint density at radius 2 is 2.13 bits per heavy atom. The summed E-state index contributed by atoms with van der Waals surface area (Å²) < 4.78 is 10.4. The number of guanidine groups is 1. The smallest absolute Gasteiger partial charge is 0.225 e. The van der Waals surface area contributed by atoms with Crippen molar-refractivity contribution in [2.24, 2.45) is 21.9 Å². The number of halogens is 1. The highest BCUT2D eigenvalue weighted by Crippen LogP contribution is 2.31. The Balaban J connectivity index is 2.04. The first-order valence-electron chi connectivity index (χ1n) is 7.25. The van der Waals surface area contributed by atoms with Crippen LogP contribution in [-0.4, -0.2) is 38.7 Å². The number of benzene rings is 1. The van der Waals surface area contributed by atoms with Gasteiger partial charge in [-0.1, -0.05) is 11.6 Å². The number of amides is 1. The van der Waals surface area contributed by atoms with E-state index >= 15 is 0 Å². The quantitative estimate of drug-likeness (QED) is 0.553. The van der Waals surface area contributed by atoms with Gasteiger partial charge in [0.25, 0.3) is 0 Å². The van der Waals surface area contributed by atoms with Gasteiger partial charge in [0.15, 0.2) is 5.96 Å². The van der Waals surface area contributed by atoms with Crippen LogP contribution in [0.2, 0.25) is 5.02 Å². The van der Waals surface area contributed by atoms with Crippen molar-refractivity contribution in [3.63, 3.8) is 0 Å². The van der Waals surface area contributed by atoms with E-state index in [9.17, 15) is 4.79 Å². The molecule has 1 aliphatic heterocycles. The van der Waals surface area contributed by atoms with E-state index in [0.717, 1.165) is 0 Å². The third-order valence-electron chi connectivity index (χ3n) is 3.95. The first kappa shape index (κ1) is 17.4. The number of nitrogens with two attached hydrogens (primary N) is 2. The molecule has 0 atom stereocenters. The zero-order valence-electron chi connectivity index (χ0n) is 13.0. The zero-order valence-corrected chi connectivity index (χ0v) is 13.7. The standard InChI is InChI=1S/C15H21ClN4O3/c1-22-12-3-2-10(8-11(12)16)20-14(18)19-9-15(13(17)21)4-6-23-7-5-15/h2-3,8H,4-7,9H2,1H3,(H2,17,21)(H3,18,19,20). The SMILES string of the molecule is COc1ccc(NC(N)=NCC2(C(N)=O)CCOCC2)cc1Cl. The van der Waals surface area contributed by atoms with Crippen molar-refractivity contribution in [2.45, 2.75) is 12.8 Å². The number of primary amides is 1. The molecule has 0 aromatic heterocycles. The Hall–Kier alpha value is -1.99.